The van der Waals surface area contributed by atoms with Crippen LogP contribution in [0.2, 0.25) is 0 Å². The van der Waals surface area contributed by atoms with Crippen LogP contribution in [0.25, 0.3) is 0 Å². The minimum Gasteiger partial charge on any atom is -0.504 e. The van der Waals surface area contributed by atoms with Crippen molar-refractivity contribution in [2.75, 3.05) is 7.11 Å². The molecule has 0 amide bonds. The molecule has 0 aliphatic heterocycles. The van der Waals surface area contributed by atoms with Crippen LogP contribution in [0, 0.1) is 0 Å². The number of phenolic OH excluding ortho intramolecular Hbond substituents is 3. The topological polar surface area (TPSA) is 182 Å². The maximum atomic E-state index is 9.80. The minimum absolute atomic E-state index is 0.0890. The molecule has 0 aliphatic carbocycles. The Morgan fingerprint density at radius 3 is 1.57 bits per heavy atom. The van der Waals surface area contributed by atoms with Crippen molar-refractivity contribution in [1.82, 2.24) is 0 Å². The van der Waals surface area contributed by atoms with Crippen molar-refractivity contribution >= 4 is 17.9 Å². The Bertz CT molecular complexity index is 570. The van der Waals surface area contributed by atoms with Gasteiger partial charge in [-0.2, -0.15) is 0 Å². The highest BCUT2D eigenvalue weighted by Crippen LogP contribution is 2.43. The Morgan fingerprint density at radius 2 is 1.25 bits per heavy atom. The molecule has 10 heteroatoms. The zero-order valence-electron chi connectivity index (χ0n) is 16.7. The molecule has 28 heavy (non-hydrogen) atoms. The van der Waals surface area contributed by atoms with Crippen molar-refractivity contribution in [3.05, 3.63) is 11.6 Å². The molecular weight excluding hydrogens is 376 g/mol. The fraction of sp³-hybridized carbons (Fsp3) is 0.500. The summed E-state index contributed by atoms with van der Waals surface area (Å²) in [6.45, 7) is 5.32. The van der Waals surface area contributed by atoms with Gasteiger partial charge >= 0.3 is 0 Å². The molecule has 0 spiro atoms. The molecule has 0 unspecified atom stereocenters. The summed E-state index contributed by atoms with van der Waals surface area (Å²) < 4.78 is 4.91. The van der Waals surface area contributed by atoms with Gasteiger partial charge in [0.15, 0.2) is 23.0 Å². The summed E-state index contributed by atoms with van der Waals surface area (Å²) in [5.41, 5.74) is 0.352. The van der Waals surface area contributed by atoms with Gasteiger partial charge in [-0.15, -0.1) is 0 Å². The number of aromatic hydroxyl groups is 3. The number of hydrogen-bond donors (Lipinski definition) is 6. The van der Waals surface area contributed by atoms with Crippen molar-refractivity contribution in [2.45, 2.75) is 53.4 Å². The van der Waals surface area contributed by atoms with Gasteiger partial charge in [-0.25, -0.2) is 0 Å². The van der Waals surface area contributed by atoms with Crippen LogP contribution in [0.5, 0.6) is 23.0 Å². The Labute approximate surface area is 163 Å². The number of benzene rings is 1. The molecule has 10 nitrogen and oxygen atoms in total. The van der Waals surface area contributed by atoms with E-state index in [0.717, 1.165) is 40.0 Å². The average molecular weight is 406 g/mol. The second-order valence-corrected chi connectivity index (χ2v) is 5.29. The van der Waals surface area contributed by atoms with Crippen molar-refractivity contribution in [1.29, 1.82) is 0 Å². The molecule has 0 aromatic heterocycles. The lowest BCUT2D eigenvalue weighted by Crippen LogP contribution is -1.92. The van der Waals surface area contributed by atoms with Gasteiger partial charge < -0.3 is 35.4 Å². The summed E-state index contributed by atoms with van der Waals surface area (Å²) >= 11 is 0. The van der Waals surface area contributed by atoms with Crippen molar-refractivity contribution < 1.29 is 49.8 Å². The van der Waals surface area contributed by atoms with Crippen molar-refractivity contribution in [3.8, 4) is 23.0 Å². The van der Waals surface area contributed by atoms with Gasteiger partial charge in [0.2, 0.25) is 0 Å². The monoisotopic (exact) mass is 406 g/mol. The van der Waals surface area contributed by atoms with Crippen LogP contribution < -0.4 is 4.74 Å². The average Bonchev–Trinajstić information content (AvgIpc) is 2.52. The summed E-state index contributed by atoms with van der Waals surface area (Å²) in [4.78, 5) is 27.0. The summed E-state index contributed by atoms with van der Waals surface area (Å²) in [5.74, 6) is -2.92. The maximum Gasteiger partial charge on any atom is 0.300 e. The number of carboxylic acid groups (broad SMARTS) is 3. The van der Waals surface area contributed by atoms with E-state index >= 15 is 0 Å². The zero-order valence-corrected chi connectivity index (χ0v) is 16.7. The molecule has 0 aliphatic rings. The van der Waals surface area contributed by atoms with Gasteiger partial charge in [-0.3, -0.25) is 14.4 Å². The van der Waals surface area contributed by atoms with Crippen LogP contribution >= 0.6 is 0 Å². The van der Waals surface area contributed by atoms with Gasteiger partial charge in [0.05, 0.1) is 7.11 Å². The highest BCUT2D eigenvalue weighted by atomic mass is 16.5. The number of carbonyl (C=O) groups is 3. The molecule has 6 N–H and O–H groups in total. The SMILES string of the molecule is CC(=O)O.CC(=O)O.CC(=O)O.CCCCCc1c(O)c(O)cc(OC)c1O. The Kier molecular flexibility index (Phi) is 18.2. The largest absolute Gasteiger partial charge is 0.504 e. The van der Waals surface area contributed by atoms with E-state index in [1.807, 2.05) is 0 Å². The molecule has 0 radical (unpaired) electrons. The van der Waals surface area contributed by atoms with E-state index in [9.17, 15) is 15.3 Å². The van der Waals surface area contributed by atoms with Gasteiger partial charge in [0, 0.05) is 32.4 Å². The first-order chi connectivity index (χ1) is 12.8. The summed E-state index contributed by atoms with van der Waals surface area (Å²) in [6.07, 6.45) is 3.44. The molecule has 162 valence electrons. The third kappa shape index (κ3) is 19.2. The van der Waals surface area contributed by atoms with E-state index in [2.05, 4.69) is 6.92 Å². The molecule has 1 rings (SSSR count). The first kappa shape index (κ1) is 29.6. The standard InChI is InChI=1S/C12H18O4.3C2H4O2/c1-3-4-5-6-8-11(14)9(13)7-10(16-2)12(8)15;3*1-2(3)4/h7,13-15H,3-6H2,1-2H3;3*1H3,(H,3,4). The number of hydrogen-bond acceptors (Lipinski definition) is 7. The highest BCUT2D eigenvalue weighted by molar-refractivity contribution is 5.63. The molecule has 0 saturated heterocycles. The van der Waals surface area contributed by atoms with E-state index < -0.39 is 17.9 Å². The number of rotatable bonds is 5. The predicted molar refractivity (Wildman–Crippen MR) is 101 cm³/mol. The lowest BCUT2D eigenvalue weighted by molar-refractivity contribution is -0.135. The van der Waals surface area contributed by atoms with Gasteiger partial charge in [-0.1, -0.05) is 19.8 Å². The van der Waals surface area contributed by atoms with Gasteiger partial charge in [-0.05, 0) is 12.8 Å². The molecule has 1 aromatic rings. The van der Waals surface area contributed by atoms with E-state index in [0.29, 0.717) is 12.0 Å². The fourth-order valence-corrected chi connectivity index (χ4v) is 1.62. The van der Waals surface area contributed by atoms with Gasteiger partial charge in [0.1, 0.15) is 0 Å². The second kappa shape index (κ2) is 17.3. The van der Waals surface area contributed by atoms with Gasteiger partial charge in [0.25, 0.3) is 17.9 Å². The lowest BCUT2D eigenvalue weighted by Gasteiger charge is -2.12. The first-order valence-corrected chi connectivity index (χ1v) is 8.20. The number of phenols is 3. The number of unbranched alkanes of at least 4 members (excludes halogenated alkanes) is 2. The number of methoxy groups -OCH3 is 1. The number of aliphatic carboxylic acids is 3. The fourth-order valence-electron chi connectivity index (χ4n) is 1.62. The third-order valence-corrected chi connectivity index (χ3v) is 2.57. The van der Waals surface area contributed by atoms with Crippen LogP contribution in [0.4, 0.5) is 0 Å². The lowest BCUT2D eigenvalue weighted by atomic mass is 10.0. The highest BCUT2D eigenvalue weighted by Gasteiger charge is 2.16. The Balaban J connectivity index is -0.000000427. The van der Waals surface area contributed by atoms with Crippen LogP contribution in [0.1, 0.15) is 52.5 Å². The van der Waals surface area contributed by atoms with E-state index in [1.54, 1.807) is 0 Å². The molecule has 0 saturated carbocycles. The van der Waals surface area contributed by atoms with E-state index in [1.165, 1.54) is 13.2 Å². The molecule has 0 bridgehead atoms. The number of carboxylic acids is 3. The van der Waals surface area contributed by atoms with E-state index in [4.69, 9.17) is 34.4 Å². The van der Waals surface area contributed by atoms with Crippen LogP contribution in [-0.4, -0.2) is 55.7 Å². The summed E-state index contributed by atoms with van der Waals surface area (Å²) in [5, 5.41) is 51.1. The summed E-state index contributed by atoms with van der Waals surface area (Å²) in [7, 11) is 1.40. The molecule has 0 atom stereocenters. The molecule has 0 heterocycles. The third-order valence-electron chi connectivity index (χ3n) is 2.57. The zero-order chi connectivity index (χ0) is 22.9. The van der Waals surface area contributed by atoms with Crippen LogP contribution in [0.15, 0.2) is 6.07 Å². The minimum atomic E-state index is -0.833. The van der Waals surface area contributed by atoms with Crippen LogP contribution in [-0.2, 0) is 20.8 Å². The quantitative estimate of drug-likeness (QED) is 0.241. The predicted octanol–water partition coefficient (Wildman–Crippen LogP) is 2.82. The molecule has 1 aromatic carbocycles. The molecular formula is C18H30O10. The smallest absolute Gasteiger partial charge is 0.300 e. The van der Waals surface area contributed by atoms with Crippen molar-refractivity contribution in [2.24, 2.45) is 0 Å². The van der Waals surface area contributed by atoms with Crippen LogP contribution in [0.3, 0.4) is 0 Å². The van der Waals surface area contributed by atoms with E-state index in [-0.39, 0.29) is 23.0 Å². The Morgan fingerprint density at radius 1 is 0.857 bits per heavy atom. The maximum absolute atomic E-state index is 9.80. The normalized spacial score (nSPS) is 8.61. The Hall–Kier alpha value is -3.17. The number of ether oxygens (including phenoxy) is 1. The summed E-state index contributed by atoms with van der Waals surface area (Å²) in [6, 6.07) is 1.20. The first-order valence-electron chi connectivity index (χ1n) is 8.20. The second-order valence-electron chi connectivity index (χ2n) is 5.29. The van der Waals surface area contributed by atoms with Crippen molar-refractivity contribution in [3.63, 3.8) is 0 Å². The molecule has 0 fully saturated rings.